The molecule has 0 radical (unpaired) electrons. The number of hydrogen-bond acceptors (Lipinski definition) is 4. The zero-order valence-corrected chi connectivity index (χ0v) is 20.2. The Labute approximate surface area is 235 Å². The molecule has 0 bridgehead atoms. The van der Waals surface area contributed by atoms with Crippen molar-refractivity contribution in [3.63, 3.8) is 0 Å². The maximum absolute atomic E-state index is 12.4. The van der Waals surface area contributed by atoms with E-state index in [1.165, 1.54) is 31.3 Å². The summed E-state index contributed by atoms with van der Waals surface area (Å²) in [5, 5.41) is 9.18. The first-order valence-electron chi connectivity index (χ1n) is 11.0. The number of carbonyl (C=O) groups is 2. The molecular formula is C27H27F3NNaO5. The first kappa shape index (κ1) is 30.2. The molecule has 0 spiro atoms. The predicted octanol–water partition coefficient (Wildman–Crippen LogP) is 5.53. The molecule has 0 atom stereocenters. The number of benzene rings is 3. The van der Waals surface area contributed by atoms with E-state index in [4.69, 9.17) is 4.74 Å². The monoisotopic (exact) mass is 525 g/mol. The predicted molar refractivity (Wildman–Crippen MR) is 136 cm³/mol. The van der Waals surface area contributed by atoms with Crippen LogP contribution in [-0.2, 0) is 21.6 Å². The first-order chi connectivity index (χ1) is 16.7. The summed E-state index contributed by atoms with van der Waals surface area (Å²) < 4.78 is 47.1. The summed E-state index contributed by atoms with van der Waals surface area (Å²) in [6.07, 6.45) is -4.80. The number of rotatable bonds is 6. The molecule has 10 heteroatoms. The van der Waals surface area contributed by atoms with Gasteiger partial charge in [-0.15, -0.1) is 13.2 Å². The van der Waals surface area contributed by atoms with E-state index < -0.39 is 18.2 Å². The molecule has 3 rings (SSSR count). The third kappa shape index (κ3) is 8.24. The van der Waals surface area contributed by atoms with Gasteiger partial charge >= 0.3 is 47.8 Å². The Morgan fingerprint density at radius 3 is 1.97 bits per heavy atom. The maximum atomic E-state index is 12.4. The molecule has 0 aromatic heterocycles. The number of carboxylic acid groups (broad SMARTS) is 1. The molecule has 37 heavy (non-hydrogen) atoms. The van der Waals surface area contributed by atoms with Crippen LogP contribution in [0.1, 0.15) is 31.9 Å². The molecule has 0 aliphatic carbocycles. The fourth-order valence-electron chi connectivity index (χ4n) is 3.45. The van der Waals surface area contributed by atoms with Crippen LogP contribution in [0, 0.1) is 0 Å². The molecule has 0 unspecified atom stereocenters. The summed E-state index contributed by atoms with van der Waals surface area (Å²) in [4.78, 5) is 24.4. The Kier molecular flexibility index (Phi) is 9.82. The fraction of sp³-hybridized carbons (Fsp3) is 0.259. The second-order valence-corrected chi connectivity index (χ2v) is 9.16. The topological polar surface area (TPSA) is 76.1 Å². The Morgan fingerprint density at radius 2 is 1.46 bits per heavy atom. The van der Waals surface area contributed by atoms with Crippen LogP contribution >= 0.6 is 0 Å². The second kappa shape index (κ2) is 12.0. The average molecular weight is 525 g/mol. The van der Waals surface area contributed by atoms with E-state index in [0.717, 1.165) is 16.0 Å². The molecule has 0 aliphatic heterocycles. The van der Waals surface area contributed by atoms with Gasteiger partial charge in [-0.3, -0.25) is 4.79 Å². The van der Waals surface area contributed by atoms with E-state index in [1.54, 1.807) is 18.2 Å². The van der Waals surface area contributed by atoms with Crippen molar-refractivity contribution in [3.8, 4) is 22.6 Å². The van der Waals surface area contributed by atoms with Crippen molar-refractivity contribution in [2.75, 3.05) is 11.9 Å². The number of carboxylic acids is 1. The number of halogens is 3. The van der Waals surface area contributed by atoms with E-state index in [-0.39, 0.29) is 58.8 Å². The molecule has 0 saturated heterocycles. The number of aliphatic carboxylic acids is 1. The first-order valence-corrected chi connectivity index (χ1v) is 11.0. The van der Waals surface area contributed by atoms with E-state index in [2.05, 4.69) is 25.5 Å². The summed E-state index contributed by atoms with van der Waals surface area (Å²) >= 11 is 0. The number of anilines is 1. The summed E-state index contributed by atoms with van der Waals surface area (Å²) in [6, 6.07) is 17.9. The van der Waals surface area contributed by atoms with Crippen molar-refractivity contribution < 1.29 is 37.3 Å². The van der Waals surface area contributed by atoms with Gasteiger partial charge in [-0.25, -0.2) is 4.79 Å². The van der Waals surface area contributed by atoms with Crippen molar-refractivity contribution in [1.82, 2.24) is 0 Å². The molecule has 0 aliphatic rings. The Balaban J connectivity index is 0.00000481. The molecular weight excluding hydrogens is 498 g/mol. The van der Waals surface area contributed by atoms with Gasteiger partial charge in [-0.1, -0.05) is 63.2 Å². The van der Waals surface area contributed by atoms with Crippen molar-refractivity contribution in [1.29, 1.82) is 0 Å². The van der Waals surface area contributed by atoms with Crippen LogP contribution in [0.15, 0.2) is 66.7 Å². The summed E-state index contributed by atoms with van der Waals surface area (Å²) in [5.41, 5.74) is 3.31. The number of likely N-dealkylation sites (N-methyl/N-ethyl adjacent to an activating group) is 1. The van der Waals surface area contributed by atoms with Gasteiger partial charge in [0.1, 0.15) is 18.1 Å². The number of carbonyl (C=O) groups excluding carboxylic acids is 1. The molecule has 1 amide bonds. The Bertz CT molecular complexity index is 1240. The summed E-state index contributed by atoms with van der Waals surface area (Å²) in [5.74, 6) is -2.91. The van der Waals surface area contributed by atoms with E-state index in [1.807, 2.05) is 24.3 Å². The third-order valence-electron chi connectivity index (χ3n) is 5.44. The van der Waals surface area contributed by atoms with Crippen molar-refractivity contribution in [2.45, 2.75) is 39.2 Å². The third-order valence-corrected chi connectivity index (χ3v) is 5.44. The summed E-state index contributed by atoms with van der Waals surface area (Å²) in [7, 11) is 1.31. The number of ether oxygens (including phenoxy) is 2. The van der Waals surface area contributed by atoms with E-state index in [0.29, 0.717) is 11.1 Å². The van der Waals surface area contributed by atoms with E-state index in [9.17, 15) is 27.9 Å². The van der Waals surface area contributed by atoms with Gasteiger partial charge in [0, 0.05) is 7.05 Å². The molecule has 0 heterocycles. The van der Waals surface area contributed by atoms with Crippen molar-refractivity contribution >= 4 is 47.1 Å². The SMILES string of the molecule is CN(C(=O)C(=O)O)c1cc(-c2ccc(OC(F)(F)F)cc2)ccc1OCc1ccc(C(C)(C)C)cc1.[NaH]. The molecule has 6 nitrogen and oxygen atoms in total. The number of amides is 1. The zero-order valence-electron chi connectivity index (χ0n) is 20.2. The number of nitrogens with zero attached hydrogens (tertiary/aromatic N) is 1. The molecule has 0 saturated carbocycles. The van der Waals surface area contributed by atoms with Crippen molar-refractivity contribution in [3.05, 3.63) is 77.9 Å². The summed E-state index contributed by atoms with van der Waals surface area (Å²) in [6.45, 7) is 6.50. The fourth-order valence-corrected chi connectivity index (χ4v) is 3.45. The standard InChI is InChI=1S/C27H26F3NO5.Na.H/c1-26(2,3)20-10-5-17(6-11-20)16-35-23-14-9-19(15-22(23)31(4)24(32)25(33)34)18-7-12-21(13-8-18)36-27(28,29)30;;/h5-15H,16H2,1-4H3,(H,33,34);;. The minimum absolute atomic E-state index is 0. The van der Waals surface area contributed by atoms with Gasteiger partial charge in [-0.05, 0) is 51.9 Å². The van der Waals surface area contributed by atoms with Crippen LogP contribution < -0.4 is 14.4 Å². The van der Waals surface area contributed by atoms with Crippen LogP contribution in [-0.4, -0.2) is 60.0 Å². The van der Waals surface area contributed by atoms with Crippen LogP contribution in [0.5, 0.6) is 11.5 Å². The minimum atomic E-state index is -4.80. The van der Waals surface area contributed by atoms with Gasteiger partial charge in [0.05, 0.1) is 5.69 Å². The Hall–Kier alpha value is -3.01. The van der Waals surface area contributed by atoms with E-state index >= 15 is 0 Å². The molecule has 1 N–H and O–H groups in total. The quantitative estimate of drug-likeness (QED) is 0.339. The Morgan fingerprint density at radius 1 is 0.892 bits per heavy atom. The average Bonchev–Trinajstić information content (AvgIpc) is 2.81. The van der Waals surface area contributed by atoms with Crippen molar-refractivity contribution in [2.24, 2.45) is 0 Å². The normalized spacial score (nSPS) is 11.3. The number of alkyl halides is 3. The molecule has 3 aromatic carbocycles. The second-order valence-electron chi connectivity index (χ2n) is 9.16. The van der Waals surface area contributed by atoms with Crippen LogP contribution in [0.3, 0.4) is 0 Å². The molecule has 3 aromatic rings. The number of hydrogen-bond donors (Lipinski definition) is 1. The van der Waals surface area contributed by atoms with Gasteiger partial charge in [0.2, 0.25) is 0 Å². The van der Waals surface area contributed by atoms with Gasteiger partial charge in [0.15, 0.2) is 0 Å². The van der Waals surface area contributed by atoms with Crippen LogP contribution in [0.2, 0.25) is 0 Å². The molecule has 0 fully saturated rings. The molecule has 192 valence electrons. The van der Waals surface area contributed by atoms with Gasteiger partial charge in [0.25, 0.3) is 0 Å². The van der Waals surface area contributed by atoms with Gasteiger partial charge in [-0.2, -0.15) is 0 Å². The van der Waals surface area contributed by atoms with Gasteiger partial charge < -0.3 is 19.5 Å². The van der Waals surface area contributed by atoms with Crippen LogP contribution in [0.4, 0.5) is 18.9 Å². The zero-order chi connectivity index (χ0) is 26.7. The van der Waals surface area contributed by atoms with Crippen LogP contribution in [0.25, 0.3) is 11.1 Å².